The molecule has 1 amide bonds. The lowest BCUT2D eigenvalue weighted by Crippen LogP contribution is -2.40. The Morgan fingerprint density at radius 2 is 1.73 bits per heavy atom. The fourth-order valence-corrected chi connectivity index (χ4v) is 5.59. The third-order valence-electron chi connectivity index (χ3n) is 6.26. The Hall–Kier alpha value is -4.76. The van der Waals surface area contributed by atoms with Crippen LogP contribution in [0.2, 0.25) is 0 Å². The standard InChI is InChI=1S/C31H27N3O5S/c1-4-38-24-16-14-21(15-17-24)28-27(29(36)33-23-11-6-5-7-12-23)19(2)32-31-34(28)30(37)26(40-31)18-22-10-8-9-13-25(22)39-20(3)35/h5-18,28H,4H2,1-3H3,(H,33,36)/b26-18-/t28-/m1/s1. The molecule has 0 fully saturated rings. The minimum atomic E-state index is -0.721. The number of carbonyl (C=O) groups is 2. The molecule has 0 aliphatic carbocycles. The van der Waals surface area contributed by atoms with E-state index >= 15 is 0 Å². The van der Waals surface area contributed by atoms with Crippen molar-refractivity contribution in [3.8, 4) is 11.5 Å². The maximum absolute atomic E-state index is 13.9. The minimum Gasteiger partial charge on any atom is -0.494 e. The molecular weight excluding hydrogens is 526 g/mol. The zero-order valence-corrected chi connectivity index (χ0v) is 23.0. The molecule has 0 saturated carbocycles. The molecule has 2 heterocycles. The third kappa shape index (κ3) is 5.50. The van der Waals surface area contributed by atoms with Gasteiger partial charge in [-0.1, -0.05) is 59.9 Å². The van der Waals surface area contributed by atoms with Crippen LogP contribution in [-0.4, -0.2) is 23.1 Å². The molecule has 0 bridgehead atoms. The molecule has 202 valence electrons. The van der Waals surface area contributed by atoms with Crippen molar-refractivity contribution in [2.24, 2.45) is 4.99 Å². The molecule has 1 atom stereocenters. The number of benzene rings is 3. The highest BCUT2D eigenvalue weighted by Crippen LogP contribution is 2.32. The molecule has 9 heteroatoms. The van der Waals surface area contributed by atoms with Crippen LogP contribution in [-0.2, 0) is 9.59 Å². The van der Waals surface area contributed by atoms with Crippen LogP contribution >= 0.6 is 11.3 Å². The molecule has 3 aromatic carbocycles. The summed E-state index contributed by atoms with van der Waals surface area (Å²) >= 11 is 1.21. The predicted molar refractivity (Wildman–Crippen MR) is 154 cm³/mol. The van der Waals surface area contributed by atoms with Crippen LogP contribution in [0.4, 0.5) is 5.69 Å². The van der Waals surface area contributed by atoms with Crippen LogP contribution in [0.1, 0.15) is 37.9 Å². The Balaban J connectivity index is 1.66. The lowest BCUT2D eigenvalue weighted by atomic mass is 9.95. The molecule has 8 nitrogen and oxygen atoms in total. The number of hydrogen-bond acceptors (Lipinski definition) is 7. The smallest absolute Gasteiger partial charge is 0.308 e. The Morgan fingerprint density at radius 1 is 1.02 bits per heavy atom. The van der Waals surface area contributed by atoms with Gasteiger partial charge in [-0.25, -0.2) is 4.99 Å². The Bertz CT molecular complexity index is 1790. The van der Waals surface area contributed by atoms with E-state index in [1.165, 1.54) is 18.3 Å². The van der Waals surface area contributed by atoms with E-state index in [0.29, 0.717) is 50.0 Å². The van der Waals surface area contributed by atoms with Gasteiger partial charge in [-0.3, -0.25) is 19.0 Å². The third-order valence-corrected chi connectivity index (χ3v) is 7.25. The summed E-state index contributed by atoms with van der Waals surface area (Å²) in [4.78, 5) is 44.4. The van der Waals surface area contributed by atoms with Gasteiger partial charge in [0.2, 0.25) is 0 Å². The number of anilines is 1. The molecule has 0 saturated heterocycles. The van der Waals surface area contributed by atoms with E-state index in [9.17, 15) is 14.4 Å². The Kier molecular flexibility index (Phi) is 7.75. The highest BCUT2D eigenvalue weighted by atomic mass is 32.1. The molecule has 0 radical (unpaired) electrons. The van der Waals surface area contributed by atoms with Gasteiger partial charge in [0.05, 0.1) is 28.5 Å². The number of carbonyl (C=O) groups excluding carboxylic acids is 2. The number of ether oxygens (including phenoxy) is 2. The first kappa shape index (κ1) is 26.8. The first-order valence-electron chi connectivity index (χ1n) is 12.7. The molecule has 4 aromatic rings. The van der Waals surface area contributed by atoms with E-state index in [0.717, 1.165) is 5.56 Å². The van der Waals surface area contributed by atoms with Gasteiger partial charge < -0.3 is 14.8 Å². The summed E-state index contributed by atoms with van der Waals surface area (Å²) < 4.78 is 12.9. The van der Waals surface area contributed by atoms with Crippen molar-refractivity contribution in [2.75, 3.05) is 11.9 Å². The van der Waals surface area contributed by atoms with Crippen molar-refractivity contribution >= 4 is 35.0 Å². The molecule has 40 heavy (non-hydrogen) atoms. The summed E-state index contributed by atoms with van der Waals surface area (Å²) in [5.41, 5.74) is 2.53. The van der Waals surface area contributed by atoms with E-state index in [2.05, 4.69) is 10.3 Å². The quantitative estimate of drug-likeness (QED) is 0.273. The maximum atomic E-state index is 13.9. The van der Waals surface area contributed by atoms with Gasteiger partial charge in [-0.15, -0.1) is 0 Å². The summed E-state index contributed by atoms with van der Waals surface area (Å²) in [6.45, 7) is 5.53. The van der Waals surface area contributed by atoms with Crippen LogP contribution < -0.4 is 29.7 Å². The second-order valence-electron chi connectivity index (χ2n) is 9.04. The lowest BCUT2D eigenvalue weighted by molar-refractivity contribution is -0.131. The van der Waals surface area contributed by atoms with Gasteiger partial charge in [0.1, 0.15) is 11.5 Å². The summed E-state index contributed by atoms with van der Waals surface area (Å²) in [5.74, 6) is 0.239. The molecule has 1 aliphatic rings. The van der Waals surface area contributed by atoms with E-state index in [1.54, 1.807) is 54.0 Å². The summed E-state index contributed by atoms with van der Waals surface area (Å²) in [7, 11) is 0. The van der Waals surface area contributed by atoms with Crippen molar-refractivity contribution in [1.29, 1.82) is 0 Å². The second-order valence-corrected chi connectivity index (χ2v) is 10.0. The van der Waals surface area contributed by atoms with Crippen molar-refractivity contribution in [1.82, 2.24) is 4.57 Å². The average Bonchev–Trinajstić information content (AvgIpc) is 3.24. The molecule has 1 aromatic heterocycles. The van der Waals surface area contributed by atoms with Gasteiger partial charge in [0.15, 0.2) is 4.80 Å². The van der Waals surface area contributed by atoms with Gasteiger partial charge in [-0.2, -0.15) is 0 Å². The van der Waals surface area contributed by atoms with Crippen LogP contribution in [0, 0.1) is 0 Å². The van der Waals surface area contributed by atoms with Crippen LogP contribution in [0.5, 0.6) is 11.5 Å². The van der Waals surface area contributed by atoms with Crippen molar-refractivity contribution in [3.05, 3.63) is 121 Å². The van der Waals surface area contributed by atoms with Crippen molar-refractivity contribution < 1.29 is 19.1 Å². The Morgan fingerprint density at radius 3 is 2.42 bits per heavy atom. The lowest BCUT2D eigenvalue weighted by Gasteiger charge is -2.25. The van der Waals surface area contributed by atoms with E-state index < -0.39 is 12.0 Å². The number of hydrogen-bond donors (Lipinski definition) is 1. The number of aromatic nitrogens is 1. The number of amides is 1. The summed E-state index contributed by atoms with van der Waals surface area (Å²) in [5, 5.41) is 2.95. The van der Waals surface area contributed by atoms with Crippen molar-refractivity contribution in [3.63, 3.8) is 0 Å². The van der Waals surface area contributed by atoms with Gasteiger partial charge in [0.25, 0.3) is 11.5 Å². The topological polar surface area (TPSA) is 99.0 Å². The van der Waals surface area contributed by atoms with Crippen LogP contribution in [0.3, 0.4) is 0 Å². The first-order chi connectivity index (χ1) is 19.4. The second kappa shape index (κ2) is 11.5. The fraction of sp³-hybridized carbons (Fsp3) is 0.161. The van der Waals surface area contributed by atoms with Gasteiger partial charge in [-0.05, 0) is 55.8 Å². The van der Waals surface area contributed by atoms with E-state index in [1.807, 2.05) is 49.4 Å². The monoisotopic (exact) mass is 553 g/mol. The molecule has 0 unspecified atom stereocenters. The zero-order valence-electron chi connectivity index (χ0n) is 22.2. The molecule has 0 spiro atoms. The highest BCUT2D eigenvalue weighted by molar-refractivity contribution is 7.07. The molecule has 5 rings (SSSR count). The fourth-order valence-electron chi connectivity index (χ4n) is 4.55. The van der Waals surface area contributed by atoms with Crippen molar-refractivity contribution in [2.45, 2.75) is 26.8 Å². The molecule has 1 aliphatic heterocycles. The summed E-state index contributed by atoms with van der Waals surface area (Å²) in [6, 6.07) is 22.8. The minimum absolute atomic E-state index is 0.308. The summed E-state index contributed by atoms with van der Waals surface area (Å²) in [6.07, 6.45) is 1.68. The molecule has 1 N–H and O–H groups in total. The number of nitrogens with one attached hydrogen (secondary N) is 1. The normalized spacial score (nSPS) is 14.8. The average molecular weight is 554 g/mol. The molecular formula is C31H27N3O5S. The van der Waals surface area contributed by atoms with Crippen LogP contribution in [0.15, 0.2) is 99.9 Å². The van der Waals surface area contributed by atoms with Gasteiger partial charge >= 0.3 is 5.97 Å². The Labute approximate surface area is 234 Å². The first-order valence-corrected chi connectivity index (χ1v) is 13.6. The largest absolute Gasteiger partial charge is 0.494 e. The number of para-hydroxylation sites is 2. The number of rotatable bonds is 7. The maximum Gasteiger partial charge on any atom is 0.308 e. The van der Waals surface area contributed by atoms with E-state index in [-0.39, 0.29) is 11.5 Å². The number of nitrogens with zero attached hydrogens (tertiary/aromatic N) is 2. The number of esters is 1. The predicted octanol–water partition coefficient (Wildman–Crippen LogP) is 4.20. The van der Waals surface area contributed by atoms with Gasteiger partial charge in [0, 0.05) is 18.2 Å². The van der Waals surface area contributed by atoms with Crippen LogP contribution in [0.25, 0.3) is 6.08 Å². The SMILES string of the molecule is CCOc1ccc([C@@H]2C(C(=O)Nc3ccccc3)=C(C)N=c3s/c(=C\c4ccccc4OC(C)=O)c(=O)n32)cc1. The number of fused-ring (bicyclic) bond motifs is 1. The number of allylic oxidation sites excluding steroid dienone is 1. The number of thiazole rings is 1. The highest BCUT2D eigenvalue weighted by Gasteiger charge is 2.32. The zero-order chi connectivity index (χ0) is 28.2. The van der Waals surface area contributed by atoms with E-state index in [4.69, 9.17) is 9.47 Å².